The highest BCUT2D eigenvalue weighted by Gasteiger charge is 2.38. The van der Waals surface area contributed by atoms with Crippen molar-refractivity contribution in [2.45, 2.75) is 19.9 Å². The average molecular weight is 420 g/mol. The van der Waals surface area contributed by atoms with Gasteiger partial charge in [0.25, 0.3) is 0 Å². The molecule has 3 aromatic rings. The number of aromatic nitrogens is 3. The van der Waals surface area contributed by atoms with Gasteiger partial charge in [0.05, 0.1) is 32.1 Å². The Morgan fingerprint density at radius 3 is 2.55 bits per heavy atom. The van der Waals surface area contributed by atoms with Crippen molar-refractivity contribution in [3.05, 3.63) is 71.1 Å². The Kier molecular flexibility index (Phi) is 5.62. The van der Waals surface area contributed by atoms with Crippen molar-refractivity contribution in [1.29, 1.82) is 0 Å². The molecule has 0 radical (unpaired) electrons. The van der Waals surface area contributed by atoms with Crippen LogP contribution < -0.4 is 14.8 Å². The lowest BCUT2D eigenvalue weighted by Crippen LogP contribution is -2.30. The molecule has 0 amide bonds. The second-order valence-electron chi connectivity index (χ2n) is 6.91. The number of anilines is 1. The van der Waals surface area contributed by atoms with E-state index in [2.05, 4.69) is 15.4 Å². The van der Waals surface area contributed by atoms with Crippen LogP contribution >= 0.6 is 0 Å². The number of para-hydroxylation sites is 1. The van der Waals surface area contributed by atoms with Gasteiger partial charge in [0.1, 0.15) is 11.9 Å². The van der Waals surface area contributed by atoms with Crippen molar-refractivity contribution in [3.63, 3.8) is 0 Å². The minimum atomic E-state index is -0.628. The summed E-state index contributed by atoms with van der Waals surface area (Å²) in [6.07, 6.45) is 0. The van der Waals surface area contributed by atoms with Crippen LogP contribution in [-0.4, -0.2) is 41.6 Å². The van der Waals surface area contributed by atoms with Gasteiger partial charge >= 0.3 is 5.97 Å². The number of nitrogens with zero attached hydrogens (tertiary/aromatic N) is 3. The number of methoxy groups -OCH3 is 2. The number of rotatable bonds is 6. The topological polar surface area (TPSA) is 87.5 Å². The van der Waals surface area contributed by atoms with Crippen molar-refractivity contribution in [3.8, 4) is 11.5 Å². The van der Waals surface area contributed by atoms with Crippen LogP contribution in [0.2, 0.25) is 0 Å². The molecule has 0 spiro atoms. The Hall–Kier alpha value is -3.81. The minimum Gasteiger partial charge on any atom is -0.493 e. The first-order chi connectivity index (χ1) is 15.1. The summed E-state index contributed by atoms with van der Waals surface area (Å²) in [5.74, 6) is 1.74. The zero-order valence-electron chi connectivity index (χ0n) is 17.9. The normalized spacial score (nSPS) is 15.2. The van der Waals surface area contributed by atoms with Gasteiger partial charge in [-0.05, 0) is 25.5 Å². The van der Waals surface area contributed by atoms with Crippen molar-refractivity contribution in [1.82, 2.24) is 14.8 Å². The lowest BCUT2D eigenvalue weighted by molar-refractivity contribution is -0.138. The molecule has 1 aliphatic heterocycles. The van der Waals surface area contributed by atoms with Crippen molar-refractivity contribution >= 4 is 17.6 Å². The Morgan fingerprint density at radius 2 is 1.87 bits per heavy atom. The Labute approximate surface area is 180 Å². The summed E-state index contributed by atoms with van der Waals surface area (Å²) in [4.78, 5) is 17.8. The lowest BCUT2D eigenvalue weighted by atomic mass is 9.92. The largest absolute Gasteiger partial charge is 0.493 e. The molecule has 2 aromatic carbocycles. The highest BCUT2D eigenvalue weighted by atomic mass is 16.5. The van der Waals surface area contributed by atoms with Gasteiger partial charge in [0, 0.05) is 5.56 Å². The Balaban J connectivity index is 2.04. The maximum Gasteiger partial charge on any atom is 0.338 e. The summed E-state index contributed by atoms with van der Waals surface area (Å²) in [5, 5.41) is 7.85. The molecule has 0 bridgehead atoms. The Morgan fingerprint density at radius 1 is 1.10 bits per heavy atom. The predicted octanol–water partition coefficient (Wildman–Crippen LogP) is 3.59. The quantitative estimate of drug-likeness (QED) is 0.610. The van der Waals surface area contributed by atoms with Gasteiger partial charge in [-0.25, -0.2) is 9.48 Å². The molecule has 0 unspecified atom stereocenters. The first-order valence-electron chi connectivity index (χ1n) is 9.96. The van der Waals surface area contributed by atoms with Gasteiger partial charge in [-0.2, -0.15) is 10.1 Å². The van der Waals surface area contributed by atoms with Crippen LogP contribution in [0, 0.1) is 6.92 Å². The fourth-order valence-corrected chi connectivity index (χ4v) is 3.80. The van der Waals surface area contributed by atoms with Crippen LogP contribution in [0.15, 0.2) is 54.1 Å². The zero-order chi connectivity index (χ0) is 22.0. The molecule has 0 aliphatic carbocycles. The molecule has 1 aliphatic rings. The fourth-order valence-electron chi connectivity index (χ4n) is 3.80. The molecule has 0 saturated carbocycles. The number of carbonyl (C=O) groups excluding carboxylic acids is 1. The molecule has 2 heterocycles. The van der Waals surface area contributed by atoms with Crippen LogP contribution in [-0.2, 0) is 9.53 Å². The summed E-state index contributed by atoms with van der Waals surface area (Å²) in [6, 6.07) is 14.5. The highest BCUT2D eigenvalue weighted by molar-refractivity contribution is 6.02. The van der Waals surface area contributed by atoms with E-state index in [9.17, 15) is 4.79 Å². The van der Waals surface area contributed by atoms with E-state index in [0.717, 1.165) is 5.56 Å². The summed E-state index contributed by atoms with van der Waals surface area (Å²) in [5.41, 5.74) is 2.58. The molecule has 31 heavy (non-hydrogen) atoms. The molecule has 0 saturated heterocycles. The number of fused-ring (bicyclic) bond motifs is 1. The molecule has 0 fully saturated rings. The molecule has 8 heteroatoms. The number of carbonyl (C=O) groups is 1. The third-order valence-electron chi connectivity index (χ3n) is 5.05. The molecular weight excluding hydrogens is 396 g/mol. The van der Waals surface area contributed by atoms with Gasteiger partial charge < -0.3 is 19.5 Å². The smallest absolute Gasteiger partial charge is 0.338 e. The molecule has 1 aromatic heterocycles. The summed E-state index contributed by atoms with van der Waals surface area (Å²) in [7, 11) is 3.15. The van der Waals surface area contributed by atoms with E-state index in [0.29, 0.717) is 40.1 Å². The number of hydrogen-bond donors (Lipinski definition) is 1. The van der Waals surface area contributed by atoms with E-state index in [-0.39, 0.29) is 6.61 Å². The monoisotopic (exact) mass is 420 g/mol. The molecule has 4 rings (SSSR count). The summed E-state index contributed by atoms with van der Waals surface area (Å²) >= 11 is 0. The number of benzene rings is 2. The fraction of sp³-hybridized carbons (Fsp3) is 0.261. The maximum absolute atomic E-state index is 13.3. The highest BCUT2D eigenvalue weighted by Crippen LogP contribution is 2.44. The first kappa shape index (κ1) is 20.5. The van der Waals surface area contributed by atoms with Crippen molar-refractivity contribution < 1.29 is 19.0 Å². The van der Waals surface area contributed by atoms with Crippen LogP contribution in [0.25, 0.3) is 5.70 Å². The third-order valence-corrected chi connectivity index (χ3v) is 5.05. The zero-order valence-corrected chi connectivity index (χ0v) is 17.9. The summed E-state index contributed by atoms with van der Waals surface area (Å²) < 4.78 is 18.3. The van der Waals surface area contributed by atoms with Crippen LogP contribution in [0.1, 0.15) is 29.9 Å². The number of aryl methyl sites for hydroxylation is 1. The molecule has 8 nitrogen and oxygen atoms in total. The van der Waals surface area contributed by atoms with E-state index in [4.69, 9.17) is 14.2 Å². The summed E-state index contributed by atoms with van der Waals surface area (Å²) in [6.45, 7) is 3.83. The van der Waals surface area contributed by atoms with E-state index in [1.54, 1.807) is 32.7 Å². The van der Waals surface area contributed by atoms with Gasteiger partial charge in [-0.15, -0.1) is 0 Å². The molecule has 1 atom stereocenters. The number of ether oxygens (including phenoxy) is 3. The second-order valence-corrected chi connectivity index (χ2v) is 6.91. The van der Waals surface area contributed by atoms with Gasteiger partial charge in [-0.1, -0.05) is 42.5 Å². The molecule has 1 N–H and O–H groups in total. The lowest BCUT2D eigenvalue weighted by Gasteiger charge is -2.30. The van der Waals surface area contributed by atoms with E-state index >= 15 is 0 Å². The molecular formula is C23H24N4O4. The second kappa shape index (κ2) is 8.51. The van der Waals surface area contributed by atoms with Crippen LogP contribution in [0.5, 0.6) is 11.5 Å². The Bertz CT molecular complexity index is 1140. The minimum absolute atomic E-state index is 0.246. The average Bonchev–Trinajstić information content (AvgIpc) is 3.17. The standard InChI is InChI=1S/C23H24N4O4/c1-5-31-22(28)18-19(15-10-7-6-8-11-15)25-23-24-14(2)26-27(23)20(18)16-12-9-13-17(29-3)21(16)30-4/h6-13,20H,5H2,1-4H3,(H,24,25,26)/t20-/m1/s1. The SMILES string of the molecule is CCOC(=O)C1=C(c2ccccc2)Nc2nc(C)nn2[C@@H]1c1cccc(OC)c1OC. The van der Waals surface area contributed by atoms with E-state index in [1.165, 1.54) is 0 Å². The van der Waals surface area contributed by atoms with Crippen LogP contribution in [0.4, 0.5) is 5.95 Å². The van der Waals surface area contributed by atoms with E-state index < -0.39 is 12.0 Å². The molecule has 160 valence electrons. The van der Waals surface area contributed by atoms with Gasteiger partial charge in [-0.3, -0.25) is 0 Å². The van der Waals surface area contributed by atoms with Gasteiger partial charge in [0.15, 0.2) is 11.5 Å². The maximum atomic E-state index is 13.3. The van der Waals surface area contributed by atoms with Crippen LogP contribution in [0.3, 0.4) is 0 Å². The first-order valence-corrected chi connectivity index (χ1v) is 9.96. The predicted molar refractivity (Wildman–Crippen MR) is 116 cm³/mol. The third kappa shape index (κ3) is 3.61. The van der Waals surface area contributed by atoms with Crippen molar-refractivity contribution in [2.24, 2.45) is 0 Å². The van der Waals surface area contributed by atoms with Crippen molar-refractivity contribution in [2.75, 3.05) is 26.1 Å². The van der Waals surface area contributed by atoms with Gasteiger partial charge in [0.2, 0.25) is 5.95 Å². The van der Waals surface area contributed by atoms with E-state index in [1.807, 2.05) is 48.5 Å². The number of hydrogen-bond acceptors (Lipinski definition) is 7. The number of nitrogens with one attached hydrogen (secondary N) is 1. The number of esters is 1.